The van der Waals surface area contributed by atoms with E-state index in [1.807, 2.05) is 24.4 Å². The Bertz CT molecular complexity index is 602. The van der Waals surface area contributed by atoms with Gasteiger partial charge in [0.1, 0.15) is 0 Å². The summed E-state index contributed by atoms with van der Waals surface area (Å²) in [5, 5.41) is 0.159. The maximum atomic E-state index is 6.56. The minimum Gasteiger partial charge on any atom is -0.398 e. The zero-order chi connectivity index (χ0) is 16.9. The van der Waals surface area contributed by atoms with E-state index in [-0.39, 0.29) is 11.1 Å². The lowest BCUT2D eigenvalue weighted by molar-refractivity contribution is 0.234. The summed E-state index contributed by atoms with van der Waals surface area (Å²) < 4.78 is 6.56. The van der Waals surface area contributed by atoms with Crippen LogP contribution in [-0.2, 0) is 4.43 Å². The fraction of sp³-hybridized carbons (Fsp3) is 0.550. The number of aromatic nitrogens is 1. The maximum Gasteiger partial charge on any atom is 0.194 e. The fourth-order valence-electron chi connectivity index (χ4n) is 2.28. The van der Waals surface area contributed by atoms with Crippen LogP contribution in [0.1, 0.15) is 58.3 Å². The van der Waals surface area contributed by atoms with Gasteiger partial charge in [0.15, 0.2) is 14.4 Å². The average molecular weight is 328 g/mol. The molecule has 3 heteroatoms. The summed E-state index contributed by atoms with van der Waals surface area (Å²) in [5.74, 6) is 6.73. The Morgan fingerprint density at radius 3 is 2.57 bits per heavy atom. The molecule has 0 saturated carbocycles. The Balaban J connectivity index is 2.26. The molecule has 1 aromatic rings. The summed E-state index contributed by atoms with van der Waals surface area (Å²) in [6, 6.07) is 5.96. The number of allylic oxidation sites excluding steroid dienone is 2. The molecule has 0 aliphatic heterocycles. The van der Waals surface area contributed by atoms with Gasteiger partial charge in [-0.3, -0.25) is 4.98 Å². The van der Waals surface area contributed by atoms with Crippen molar-refractivity contribution >= 4 is 8.32 Å². The van der Waals surface area contributed by atoms with Crippen LogP contribution in [0.2, 0.25) is 18.1 Å². The SMILES string of the molecule is CC(C)(C)[Si](C)(C)OC(C#CC1=CCCCC1)c1ccccn1. The molecule has 23 heavy (non-hydrogen) atoms. The molecular formula is C20H29NOSi. The van der Waals surface area contributed by atoms with E-state index in [9.17, 15) is 0 Å². The lowest BCUT2D eigenvalue weighted by atomic mass is 10.00. The van der Waals surface area contributed by atoms with Crippen LogP contribution in [0.5, 0.6) is 0 Å². The Kier molecular flexibility index (Phi) is 5.83. The van der Waals surface area contributed by atoms with Gasteiger partial charge in [-0.25, -0.2) is 0 Å². The van der Waals surface area contributed by atoms with E-state index in [1.165, 1.54) is 18.4 Å². The van der Waals surface area contributed by atoms with Crippen LogP contribution in [0, 0.1) is 11.8 Å². The minimum absolute atomic E-state index is 0.159. The number of hydrogen-bond donors (Lipinski definition) is 0. The highest BCUT2D eigenvalue weighted by Crippen LogP contribution is 2.39. The van der Waals surface area contributed by atoms with Crippen molar-refractivity contribution in [2.75, 3.05) is 0 Å². The molecule has 1 atom stereocenters. The zero-order valence-electron chi connectivity index (χ0n) is 15.1. The molecule has 0 N–H and O–H groups in total. The minimum atomic E-state index is -1.90. The molecule has 0 amide bonds. The second-order valence-corrected chi connectivity index (χ2v) is 12.5. The highest BCUT2D eigenvalue weighted by Gasteiger charge is 2.39. The molecule has 1 aliphatic rings. The van der Waals surface area contributed by atoms with Crippen LogP contribution in [0.15, 0.2) is 36.0 Å². The van der Waals surface area contributed by atoms with E-state index < -0.39 is 8.32 Å². The van der Waals surface area contributed by atoms with Crippen molar-refractivity contribution in [1.29, 1.82) is 0 Å². The maximum absolute atomic E-state index is 6.56. The van der Waals surface area contributed by atoms with Gasteiger partial charge in [-0.15, -0.1) is 0 Å². The van der Waals surface area contributed by atoms with Gasteiger partial charge >= 0.3 is 0 Å². The average Bonchev–Trinajstić information content (AvgIpc) is 2.52. The van der Waals surface area contributed by atoms with Crippen molar-refractivity contribution in [3.8, 4) is 11.8 Å². The lowest BCUT2D eigenvalue weighted by Gasteiger charge is -2.37. The van der Waals surface area contributed by atoms with Gasteiger partial charge in [-0.1, -0.05) is 44.8 Å². The Morgan fingerprint density at radius 1 is 1.22 bits per heavy atom. The predicted molar refractivity (Wildman–Crippen MR) is 99.6 cm³/mol. The Hall–Kier alpha value is -1.37. The molecule has 124 valence electrons. The number of nitrogens with zero attached hydrogens (tertiary/aromatic N) is 1. The van der Waals surface area contributed by atoms with Crippen LogP contribution in [0.4, 0.5) is 0 Å². The summed E-state index contributed by atoms with van der Waals surface area (Å²) in [5.41, 5.74) is 2.18. The molecule has 1 heterocycles. The predicted octanol–water partition coefficient (Wildman–Crippen LogP) is 5.65. The molecule has 0 radical (unpaired) electrons. The summed E-state index contributed by atoms with van der Waals surface area (Å²) in [7, 11) is -1.90. The summed E-state index contributed by atoms with van der Waals surface area (Å²) in [6.45, 7) is 11.3. The first kappa shape index (κ1) is 18.0. The van der Waals surface area contributed by atoms with Crippen LogP contribution >= 0.6 is 0 Å². The van der Waals surface area contributed by atoms with Gasteiger partial charge in [0.05, 0.1) is 5.69 Å². The Morgan fingerprint density at radius 2 is 2.00 bits per heavy atom. The van der Waals surface area contributed by atoms with Crippen molar-refractivity contribution in [2.45, 2.75) is 70.7 Å². The van der Waals surface area contributed by atoms with Gasteiger partial charge in [0, 0.05) is 6.20 Å². The van der Waals surface area contributed by atoms with Crippen LogP contribution < -0.4 is 0 Å². The molecule has 0 aromatic carbocycles. The summed E-state index contributed by atoms with van der Waals surface area (Å²) in [6.07, 6.45) is 8.65. The van der Waals surface area contributed by atoms with E-state index in [0.29, 0.717) is 0 Å². The van der Waals surface area contributed by atoms with Crippen molar-refractivity contribution in [3.05, 3.63) is 41.7 Å². The summed E-state index contributed by atoms with van der Waals surface area (Å²) >= 11 is 0. The molecule has 0 spiro atoms. The quantitative estimate of drug-likeness (QED) is 0.529. The van der Waals surface area contributed by atoms with E-state index >= 15 is 0 Å². The monoisotopic (exact) mass is 327 g/mol. The van der Waals surface area contributed by atoms with Crippen molar-refractivity contribution in [2.24, 2.45) is 0 Å². The van der Waals surface area contributed by atoms with Crippen molar-refractivity contribution in [1.82, 2.24) is 4.98 Å². The van der Waals surface area contributed by atoms with E-state index in [0.717, 1.165) is 18.5 Å². The number of rotatable bonds is 3. The van der Waals surface area contributed by atoms with E-state index in [2.05, 4.69) is 56.8 Å². The number of hydrogen-bond acceptors (Lipinski definition) is 2. The van der Waals surface area contributed by atoms with Gasteiger partial charge in [0.2, 0.25) is 0 Å². The molecule has 0 saturated heterocycles. The van der Waals surface area contributed by atoms with E-state index in [4.69, 9.17) is 4.43 Å². The van der Waals surface area contributed by atoms with Gasteiger partial charge in [0.25, 0.3) is 0 Å². The smallest absolute Gasteiger partial charge is 0.194 e. The second kappa shape index (κ2) is 7.46. The largest absolute Gasteiger partial charge is 0.398 e. The first-order valence-corrected chi connectivity index (χ1v) is 11.5. The molecule has 2 nitrogen and oxygen atoms in total. The van der Waals surface area contributed by atoms with Crippen molar-refractivity contribution < 1.29 is 4.43 Å². The summed E-state index contributed by atoms with van der Waals surface area (Å²) in [4.78, 5) is 4.48. The first-order chi connectivity index (χ1) is 10.8. The van der Waals surface area contributed by atoms with Gasteiger partial charge in [-0.2, -0.15) is 0 Å². The number of pyridine rings is 1. The molecule has 0 bridgehead atoms. The van der Waals surface area contributed by atoms with Crippen LogP contribution in [-0.4, -0.2) is 13.3 Å². The van der Waals surface area contributed by atoms with Gasteiger partial charge in [-0.05, 0) is 61.5 Å². The normalized spacial score (nSPS) is 17.0. The third-order valence-electron chi connectivity index (χ3n) is 4.83. The topological polar surface area (TPSA) is 22.1 Å². The third kappa shape index (κ3) is 5.05. The highest BCUT2D eigenvalue weighted by molar-refractivity contribution is 6.74. The van der Waals surface area contributed by atoms with E-state index in [1.54, 1.807) is 0 Å². The second-order valence-electron chi connectivity index (χ2n) is 7.76. The van der Waals surface area contributed by atoms with Crippen LogP contribution in [0.25, 0.3) is 0 Å². The standard InChI is InChI=1S/C20H29NOSi/c1-20(2,3)23(4,5)22-19(18-13-9-10-16-21-18)15-14-17-11-7-6-8-12-17/h9-11,13,16,19H,6-8,12H2,1-5H3. The lowest BCUT2D eigenvalue weighted by Crippen LogP contribution is -2.41. The van der Waals surface area contributed by atoms with Gasteiger partial charge < -0.3 is 4.43 Å². The molecule has 0 fully saturated rings. The third-order valence-corrected chi connectivity index (χ3v) is 9.27. The molecule has 1 aliphatic carbocycles. The molecule has 1 aromatic heterocycles. The molecular weight excluding hydrogens is 298 g/mol. The molecule has 1 unspecified atom stereocenters. The Labute approximate surface area is 142 Å². The van der Waals surface area contributed by atoms with Crippen LogP contribution in [0.3, 0.4) is 0 Å². The van der Waals surface area contributed by atoms with Crippen molar-refractivity contribution in [3.63, 3.8) is 0 Å². The highest BCUT2D eigenvalue weighted by atomic mass is 28.4. The fourth-order valence-corrected chi connectivity index (χ4v) is 3.40. The first-order valence-electron chi connectivity index (χ1n) is 8.59. The molecule has 2 rings (SSSR count). The zero-order valence-corrected chi connectivity index (χ0v) is 16.1.